The average molecular weight is 475 g/mol. The topological polar surface area (TPSA) is 118 Å². The highest BCUT2D eigenvalue weighted by molar-refractivity contribution is 6.35. The smallest absolute Gasteiger partial charge is 0.329 e. The van der Waals surface area contributed by atoms with E-state index >= 15 is 0 Å². The molecule has 9 heteroatoms. The Kier molecular flexibility index (Phi) is 8.95. The summed E-state index contributed by atoms with van der Waals surface area (Å²) in [7, 11) is 1.47. The molecule has 0 unspecified atom stereocenters. The molecule has 0 bridgehead atoms. The van der Waals surface area contributed by atoms with E-state index < -0.39 is 11.8 Å². The van der Waals surface area contributed by atoms with E-state index in [-0.39, 0.29) is 18.6 Å². The normalized spacial score (nSPS) is 11.4. The number of amides is 3. The van der Waals surface area contributed by atoms with E-state index in [2.05, 4.69) is 21.2 Å². The zero-order valence-corrected chi connectivity index (χ0v) is 19.4. The Balaban J connectivity index is 1.50. The number of methoxy groups -OCH3 is 1. The van der Waals surface area contributed by atoms with Crippen molar-refractivity contribution in [1.82, 2.24) is 10.7 Å². The molecule has 3 rings (SSSR count). The second-order valence-electron chi connectivity index (χ2n) is 7.42. The fraction of sp³-hybridized carbons (Fsp3) is 0.154. The molecule has 3 aromatic rings. The lowest BCUT2D eigenvalue weighted by atomic mass is 10.1. The van der Waals surface area contributed by atoms with Crippen LogP contribution in [0.5, 0.6) is 11.5 Å². The van der Waals surface area contributed by atoms with Crippen LogP contribution in [0, 0.1) is 0 Å². The molecule has 0 aliphatic rings. The summed E-state index contributed by atoms with van der Waals surface area (Å²) in [5, 5.41) is 9.17. The monoisotopic (exact) mass is 474 g/mol. The number of para-hydroxylation sites is 1. The number of rotatable bonds is 9. The second-order valence-corrected chi connectivity index (χ2v) is 7.42. The maximum atomic E-state index is 12.1. The predicted octanol–water partition coefficient (Wildman–Crippen LogP) is 3.04. The van der Waals surface area contributed by atoms with Crippen molar-refractivity contribution in [3.63, 3.8) is 0 Å². The summed E-state index contributed by atoms with van der Waals surface area (Å²) < 4.78 is 10.9. The Morgan fingerprint density at radius 2 is 1.60 bits per heavy atom. The standard InChI is InChI=1S/C26H26N4O5/c1-18(20-9-5-3-6-10-20)28-25(32)26(33)30-27-16-19-13-14-22(23(15-19)34-2)35-17-24(31)29-21-11-7-4-8-12-21/h3-16,18H,17H2,1-2H3,(H,28,32)(H,29,31)(H,30,33)/b27-16-/t18-/m0/s1. The zero-order chi connectivity index (χ0) is 25.0. The van der Waals surface area contributed by atoms with Gasteiger partial charge in [0.15, 0.2) is 18.1 Å². The third kappa shape index (κ3) is 7.71. The van der Waals surface area contributed by atoms with Crippen LogP contribution in [0.2, 0.25) is 0 Å². The van der Waals surface area contributed by atoms with Crippen LogP contribution in [0.25, 0.3) is 0 Å². The molecule has 0 radical (unpaired) electrons. The molecule has 0 fully saturated rings. The third-order valence-corrected chi connectivity index (χ3v) is 4.84. The first kappa shape index (κ1) is 25.0. The van der Waals surface area contributed by atoms with Gasteiger partial charge in [0.25, 0.3) is 5.91 Å². The number of benzene rings is 3. The van der Waals surface area contributed by atoms with E-state index in [9.17, 15) is 14.4 Å². The maximum absolute atomic E-state index is 12.1. The van der Waals surface area contributed by atoms with Gasteiger partial charge in [-0.3, -0.25) is 14.4 Å². The Hall–Kier alpha value is -4.66. The minimum atomic E-state index is -0.889. The van der Waals surface area contributed by atoms with E-state index in [4.69, 9.17) is 9.47 Å². The van der Waals surface area contributed by atoms with Crippen molar-refractivity contribution in [2.45, 2.75) is 13.0 Å². The summed E-state index contributed by atoms with van der Waals surface area (Å²) in [6.45, 7) is 1.58. The van der Waals surface area contributed by atoms with Crippen molar-refractivity contribution in [3.8, 4) is 11.5 Å². The van der Waals surface area contributed by atoms with Crippen LogP contribution >= 0.6 is 0 Å². The molecule has 1 atom stereocenters. The molecule has 3 N–H and O–H groups in total. The van der Waals surface area contributed by atoms with E-state index in [1.807, 2.05) is 48.5 Å². The quantitative estimate of drug-likeness (QED) is 0.250. The van der Waals surface area contributed by atoms with Gasteiger partial charge in [-0.25, -0.2) is 5.43 Å². The lowest BCUT2D eigenvalue weighted by Crippen LogP contribution is -2.39. The fourth-order valence-corrected chi connectivity index (χ4v) is 3.05. The maximum Gasteiger partial charge on any atom is 0.329 e. The van der Waals surface area contributed by atoms with E-state index in [0.29, 0.717) is 22.7 Å². The third-order valence-electron chi connectivity index (χ3n) is 4.84. The summed E-state index contributed by atoms with van der Waals surface area (Å²) in [5.74, 6) is -1.26. The number of nitrogens with zero attached hydrogens (tertiary/aromatic N) is 1. The average Bonchev–Trinajstić information content (AvgIpc) is 2.88. The first-order chi connectivity index (χ1) is 17.0. The molecule has 0 aliphatic carbocycles. The summed E-state index contributed by atoms with van der Waals surface area (Å²) in [6, 6.07) is 22.9. The van der Waals surface area contributed by atoms with E-state index in [1.54, 1.807) is 37.3 Å². The van der Waals surface area contributed by atoms with Crippen molar-refractivity contribution in [2.24, 2.45) is 5.10 Å². The molecular formula is C26H26N4O5. The lowest BCUT2D eigenvalue weighted by Gasteiger charge is -2.13. The first-order valence-corrected chi connectivity index (χ1v) is 10.8. The molecule has 35 heavy (non-hydrogen) atoms. The van der Waals surface area contributed by atoms with Crippen LogP contribution in [0.15, 0.2) is 84.0 Å². The molecule has 9 nitrogen and oxygen atoms in total. The van der Waals surface area contributed by atoms with Crippen molar-refractivity contribution in [2.75, 3.05) is 19.0 Å². The van der Waals surface area contributed by atoms with Crippen LogP contribution in [0.3, 0.4) is 0 Å². The Bertz CT molecular complexity index is 1180. The number of anilines is 1. The van der Waals surface area contributed by atoms with Crippen LogP contribution in [0.4, 0.5) is 5.69 Å². The Labute approximate surface area is 203 Å². The van der Waals surface area contributed by atoms with Gasteiger partial charge in [0.05, 0.1) is 19.4 Å². The highest BCUT2D eigenvalue weighted by Gasteiger charge is 2.16. The van der Waals surface area contributed by atoms with Crippen molar-refractivity contribution < 1.29 is 23.9 Å². The molecule has 3 amide bonds. The zero-order valence-electron chi connectivity index (χ0n) is 19.4. The number of hydrazone groups is 1. The predicted molar refractivity (Wildman–Crippen MR) is 132 cm³/mol. The summed E-state index contributed by atoms with van der Waals surface area (Å²) in [6.07, 6.45) is 1.36. The van der Waals surface area contributed by atoms with Gasteiger partial charge in [-0.05, 0) is 48.4 Å². The number of nitrogens with one attached hydrogen (secondary N) is 3. The molecule has 0 saturated heterocycles. The first-order valence-electron chi connectivity index (χ1n) is 10.8. The number of carbonyl (C=O) groups is 3. The number of ether oxygens (including phenoxy) is 2. The van der Waals surface area contributed by atoms with E-state index in [1.165, 1.54) is 13.3 Å². The van der Waals surface area contributed by atoms with Gasteiger partial charge in [0.2, 0.25) is 0 Å². The molecule has 3 aromatic carbocycles. The summed E-state index contributed by atoms with van der Waals surface area (Å²) >= 11 is 0. The van der Waals surface area contributed by atoms with Crippen LogP contribution in [-0.4, -0.2) is 37.7 Å². The second kappa shape index (κ2) is 12.5. The molecular weight excluding hydrogens is 448 g/mol. The molecule has 0 aromatic heterocycles. The van der Waals surface area contributed by atoms with Gasteiger partial charge >= 0.3 is 11.8 Å². The number of carbonyl (C=O) groups excluding carboxylic acids is 3. The van der Waals surface area contributed by atoms with Crippen molar-refractivity contribution in [1.29, 1.82) is 0 Å². The van der Waals surface area contributed by atoms with Gasteiger partial charge in [-0.2, -0.15) is 5.10 Å². The molecule has 0 aliphatic heterocycles. The van der Waals surface area contributed by atoms with Gasteiger partial charge in [0.1, 0.15) is 0 Å². The van der Waals surface area contributed by atoms with Gasteiger partial charge < -0.3 is 20.1 Å². The SMILES string of the molecule is COc1cc(/C=N\NC(=O)C(=O)N[C@@H](C)c2ccccc2)ccc1OCC(=O)Nc1ccccc1. The minimum Gasteiger partial charge on any atom is -0.493 e. The lowest BCUT2D eigenvalue weighted by molar-refractivity contribution is -0.139. The van der Waals surface area contributed by atoms with Gasteiger partial charge in [-0.1, -0.05) is 48.5 Å². The van der Waals surface area contributed by atoms with Crippen molar-refractivity contribution >= 4 is 29.6 Å². The number of hydrogen-bond acceptors (Lipinski definition) is 6. The highest BCUT2D eigenvalue weighted by Crippen LogP contribution is 2.27. The molecule has 0 saturated carbocycles. The van der Waals surface area contributed by atoms with Gasteiger partial charge in [-0.15, -0.1) is 0 Å². The number of hydrogen-bond donors (Lipinski definition) is 3. The minimum absolute atomic E-state index is 0.203. The Morgan fingerprint density at radius 1 is 0.914 bits per heavy atom. The highest BCUT2D eigenvalue weighted by atomic mass is 16.5. The molecule has 0 heterocycles. The summed E-state index contributed by atoms with van der Waals surface area (Å²) in [5.41, 5.74) is 4.33. The van der Waals surface area contributed by atoms with Crippen LogP contribution in [0.1, 0.15) is 24.1 Å². The fourth-order valence-electron chi connectivity index (χ4n) is 3.05. The molecule has 0 spiro atoms. The van der Waals surface area contributed by atoms with Crippen LogP contribution < -0.4 is 25.5 Å². The van der Waals surface area contributed by atoms with Crippen molar-refractivity contribution in [3.05, 3.63) is 90.0 Å². The summed E-state index contributed by atoms with van der Waals surface area (Å²) in [4.78, 5) is 36.2. The van der Waals surface area contributed by atoms with Crippen LogP contribution in [-0.2, 0) is 14.4 Å². The Morgan fingerprint density at radius 3 is 2.29 bits per heavy atom. The molecule has 180 valence electrons. The van der Waals surface area contributed by atoms with E-state index in [0.717, 1.165) is 5.56 Å². The van der Waals surface area contributed by atoms with Gasteiger partial charge in [0, 0.05) is 5.69 Å². The largest absolute Gasteiger partial charge is 0.493 e.